The number of benzene rings is 1. The number of aromatic nitrogens is 2. The van der Waals surface area contributed by atoms with E-state index < -0.39 is 0 Å². The number of nitrogens with zero attached hydrogens (tertiary/aromatic N) is 4. The number of aliphatic imine (C=N–C) groups is 1. The molecule has 1 N–H and O–H groups in total. The van der Waals surface area contributed by atoms with E-state index >= 15 is 0 Å². The van der Waals surface area contributed by atoms with Gasteiger partial charge >= 0.3 is 0 Å². The first kappa shape index (κ1) is 18.0. The number of guanidine groups is 1. The predicted octanol–water partition coefficient (Wildman–Crippen LogP) is 2.99. The Bertz CT molecular complexity index is 642. The van der Waals surface area contributed by atoms with Crippen LogP contribution in [-0.4, -0.2) is 40.8 Å². The van der Waals surface area contributed by atoms with Gasteiger partial charge in [-0.2, -0.15) is 5.10 Å². The van der Waals surface area contributed by atoms with Gasteiger partial charge in [0.2, 0.25) is 0 Å². The van der Waals surface area contributed by atoms with Crippen LogP contribution in [0.1, 0.15) is 30.0 Å². The van der Waals surface area contributed by atoms with Crippen LogP contribution < -0.4 is 5.32 Å². The molecule has 0 saturated carbocycles. The van der Waals surface area contributed by atoms with Gasteiger partial charge in [0.25, 0.3) is 0 Å². The van der Waals surface area contributed by atoms with Crippen molar-refractivity contribution in [2.24, 2.45) is 4.99 Å². The van der Waals surface area contributed by atoms with Crippen molar-refractivity contribution in [1.82, 2.24) is 20.0 Å². The second-order valence-electron chi connectivity index (χ2n) is 6.21. The molecule has 2 rings (SSSR count). The zero-order valence-corrected chi connectivity index (χ0v) is 15.3. The summed E-state index contributed by atoms with van der Waals surface area (Å²) < 4.78 is 1.98. The Morgan fingerprint density at radius 2 is 1.96 bits per heavy atom. The summed E-state index contributed by atoms with van der Waals surface area (Å²) in [5.41, 5.74) is 3.78. The van der Waals surface area contributed by atoms with Crippen LogP contribution in [0.5, 0.6) is 0 Å². The lowest BCUT2D eigenvalue weighted by atomic mass is 10.1. The third-order valence-electron chi connectivity index (χ3n) is 3.81. The Kier molecular flexibility index (Phi) is 6.85. The monoisotopic (exact) mass is 327 g/mol. The van der Waals surface area contributed by atoms with Crippen LogP contribution in [0.15, 0.2) is 41.7 Å². The summed E-state index contributed by atoms with van der Waals surface area (Å²) >= 11 is 0. The van der Waals surface area contributed by atoms with Gasteiger partial charge in [0.1, 0.15) is 0 Å². The summed E-state index contributed by atoms with van der Waals surface area (Å²) in [6.07, 6.45) is 4.94. The van der Waals surface area contributed by atoms with Crippen LogP contribution in [0.2, 0.25) is 0 Å². The summed E-state index contributed by atoms with van der Waals surface area (Å²) in [5, 5.41) is 7.68. The van der Waals surface area contributed by atoms with Gasteiger partial charge in [-0.25, -0.2) is 0 Å². The maximum Gasteiger partial charge on any atom is 0.193 e. The largest absolute Gasteiger partial charge is 0.357 e. The number of nitrogens with one attached hydrogen (secondary N) is 1. The van der Waals surface area contributed by atoms with E-state index in [4.69, 9.17) is 4.99 Å². The van der Waals surface area contributed by atoms with Gasteiger partial charge in [0.15, 0.2) is 5.96 Å². The minimum atomic E-state index is 0.791. The van der Waals surface area contributed by atoms with Crippen LogP contribution in [0.4, 0.5) is 0 Å². The van der Waals surface area contributed by atoms with Crippen LogP contribution >= 0.6 is 0 Å². The first-order valence-corrected chi connectivity index (χ1v) is 8.62. The molecule has 0 aliphatic rings. The molecule has 5 heteroatoms. The standard InChI is InChI=1S/C19H29N5/c1-5-20-19(21-11-6-12-24-14-17(3)13-22-24)23(4)15-18-9-7-16(2)8-10-18/h7-10,13-14H,5-6,11-12,15H2,1-4H3,(H,20,21). The van der Waals surface area contributed by atoms with Crippen molar-refractivity contribution < 1.29 is 0 Å². The SMILES string of the molecule is CCNC(=NCCCn1cc(C)cn1)N(C)Cc1ccc(C)cc1. The summed E-state index contributed by atoms with van der Waals surface area (Å²) in [6, 6.07) is 8.66. The van der Waals surface area contributed by atoms with E-state index in [2.05, 4.69) is 73.6 Å². The Morgan fingerprint density at radius 1 is 1.21 bits per heavy atom. The van der Waals surface area contributed by atoms with E-state index in [-0.39, 0.29) is 0 Å². The van der Waals surface area contributed by atoms with Gasteiger partial charge in [0, 0.05) is 39.4 Å². The molecule has 0 spiro atoms. The number of rotatable bonds is 7. The molecule has 0 unspecified atom stereocenters. The van der Waals surface area contributed by atoms with Crippen molar-refractivity contribution in [1.29, 1.82) is 0 Å². The van der Waals surface area contributed by atoms with Crippen molar-refractivity contribution >= 4 is 5.96 Å². The predicted molar refractivity (Wildman–Crippen MR) is 100 cm³/mol. The molecule has 1 heterocycles. The zero-order valence-electron chi connectivity index (χ0n) is 15.3. The first-order chi connectivity index (χ1) is 11.6. The molecule has 130 valence electrons. The van der Waals surface area contributed by atoms with Crippen LogP contribution in [0.3, 0.4) is 0 Å². The maximum absolute atomic E-state index is 4.74. The van der Waals surface area contributed by atoms with E-state index in [9.17, 15) is 0 Å². The summed E-state index contributed by atoms with van der Waals surface area (Å²) in [4.78, 5) is 6.91. The third kappa shape index (κ3) is 5.72. The number of hydrogen-bond donors (Lipinski definition) is 1. The lowest BCUT2D eigenvalue weighted by Gasteiger charge is -2.22. The first-order valence-electron chi connectivity index (χ1n) is 8.62. The Balaban J connectivity index is 1.87. The fourth-order valence-electron chi connectivity index (χ4n) is 2.52. The van der Waals surface area contributed by atoms with E-state index in [0.29, 0.717) is 0 Å². The molecule has 2 aromatic rings. The van der Waals surface area contributed by atoms with Crippen molar-refractivity contribution in [3.8, 4) is 0 Å². The quantitative estimate of drug-likeness (QED) is 0.483. The van der Waals surface area contributed by atoms with Gasteiger partial charge in [0.05, 0.1) is 6.20 Å². The van der Waals surface area contributed by atoms with Crippen molar-refractivity contribution in [2.75, 3.05) is 20.1 Å². The molecule has 24 heavy (non-hydrogen) atoms. The average Bonchev–Trinajstić information content (AvgIpc) is 2.98. The second-order valence-corrected chi connectivity index (χ2v) is 6.21. The van der Waals surface area contributed by atoms with Crippen LogP contribution in [-0.2, 0) is 13.1 Å². The molecule has 0 fully saturated rings. The van der Waals surface area contributed by atoms with E-state index in [0.717, 1.165) is 38.6 Å². The van der Waals surface area contributed by atoms with Crippen molar-refractivity contribution in [3.63, 3.8) is 0 Å². The average molecular weight is 327 g/mol. The highest BCUT2D eigenvalue weighted by Gasteiger charge is 2.06. The topological polar surface area (TPSA) is 45.5 Å². The number of hydrogen-bond acceptors (Lipinski definition) is 2. The molecular weight excluding hydrogens is 298 g/mol. The molecule has 0 bridgehead atoms. The van der Waals surface area contributed by atoms with E-state index in [1.807, 2.05) is 10.9 Å². The molecule has 0 amide bonds. The Morgan fingerprint density at radius 3 is 2.58 bits per heavy atom. The molecule has 0 aliphatic heterocycles. The summed E-state index contributed by atoms with van der Waals surface area (Å²) in [5.74, 6) is 0.953. The highest BCUT2D eigenvalue weighted by Crippen LogP contribution is 2.06. The lowest BCUT2D eigenvalue weighted by Crippen LogP contribution is -2.38. The molecule has 0 radical (unpaired) electrons. The molecule has 0 saturated heterocycles. The van der Waals surface area contributed by atoms with Crippen LogP contribution in [0.25, 0.3) is 0 Å². The van der Waals surface area contributed by atoms with E-state index in [1.54, 1.807) is 0 Å². The highest BCUT2D eigenvalue weighted by molar-refractivity contribution is 5.79. The van der Waals surface area contributed by atoms with Crippen molar-refractivity contribution in [3.05, 3.63) is 53.3 Å². The van der Waals surface area contributed by atoms with Gasteiger partial charge < -0.3 is 10.2 Å². The lowest BCUT2D eigenvalue weighted by molar-refractivity contribution is 0.475. The minimum Gasteiger partial charge on any atom is -0.357 e. The molecule has 1 aromatic carbocycles. The van der Waals surface area contributed by atoms with Gasteiger partial charge in [-0.05, 0) is 38.3 Å². The van der Waals surface area contributed by atoms with Gasteiger partial charge in [-0.3, -0.25) is 9.67 Å². The fourth-order valence-corrected chi connectivity index (χ4v) is 2.52. The van der Waals surface area contributed by atoms with Crippen molar-refractivity contribution in [2.45, 2.75) is 40.3 Å². The molecule has 5 nitrogen and oxygen atoms in total. The maximum atomic E-state index is 4.74. The fraction of sp³-hybridized carbons (Fsp3) is 0.474. The minimum absolute atomic E-state index is 0.791. The summed E-state index contributed by atoms with van der Waals surface area (Å²) in [7, 11) is 2.08. The molecule has 1 aromatic heterocycles. The zero-order chi connectivity index (χ0) is 17.4. The Hall–Kier alpha value is -2.30. The third-order valence-corrected chi connectivity index (χ3v) is 3.81. The normalized spacial score (nSPS) is 11.6. The second kappa shape index (κ2) is 9.11. The summed E-state index contributed by atoms with van der Waals surface area (Å²) in [6.45, 7) is 9.69. The highest BCUT2D eigenvalue weighted by atomic mass is 15.3. The van der Waals surface area contributed by atoms with Crippen LogP contribution in [0, 0.1) is 13.8 Å². The Labute approximate surface area is 145 Å². The van der Waals surface area contributed by atoms with E-state index in [1.165, 1.54) is 16.7 Å². The molecular formula is C19H29N5. The van der Waals surface area contributed by atoms with Gasteiger partial charge in [-0.15, -0.1) is 0 Å². The number of aryl methyl sites for hydroxylation is 3. The molecule has 0 atom stereocenters. The van der Waals surface area contributed by atoms with Gasteiger partial charge in [-0.1, -0.05) is 29.8 Å². The molecule has 0 aliphatic carbocycles. The smallest absolute Gasteiger partial charge is 0.193 e.